The average molecular weight is 419 g/mol. The van der Waals surface area contributed by atoms with Crippen molar-refractivity contribution in [3.63, 3.8) is 0 Å². The molecule has 1 rings (SSSR count). The fourth-order valence-corrected chi connectivity index (χ4v) is 7.24. The maximum atomic E-state index is 13.2. The summed E-state index contributed by atoms with van der Waals surface area (Å²) in [7, 11) is 0. The van der Waals surface area contributed by atoms with Crippen LogP contribution in [0.5, 0.6) is 0 Å². The normalized spacial score (nSPS) is 12.0. The number of benzene rings is 1. The molecule has 0 fully saturated rings. The van der Waals surface area contributed by atoms with E-state index in [2.05, 4.69) is 0 Å². The van der Waals surface area contributed by atoms with Crippen molar-refractivity contribution >= 4 is 24.3 Å². The predicted octanol–water partition coefficient (Wildman–Crippen LogP) is 2.93. The van der Waals surface area contributed by atoms with Crippen LogP contribution in [0.4, 0.5) is 22.0 Å². The molecule has 0 aromatic heterocycles. The monoisotopic (exact) mass is 420 g/mol. The summed E-state index contributed by atoms with van der Waals surface area (Å²) in [6.45, 7) is 0. The first kappa shape index (κ1) is 12.9. The van der Waals surface area contributed by atoms with Gasteiger partial charge in [0.2, 0.25) is 0 Å². The molecule has 0 aliphatic rings. The molecule has 6 heteroatoms. The first-order valence-corrected chi connectivity index (χ1v) is 17.8. The van der Waals surface area contributed by atoms with E-state index in [0.29, 0.717) is 0 Å². The first-order chi connectivity index (χ1) is 6.68. The molecule has 0 N–H and O–H groups in total. The fraction of sp³-hybridized carbons (Fsp3) is 0.333. The second-order valence-corrected chi connectivity index (χ2v) is 23.6. The summed E-state index contributed by atoms with van der Waals surface area (Å²) in [6, 6.07) is 0. The Kier molecular flexibility index (Phi) is 3.42. The van der Waals surface area contributed by atoms with E-state index < -0.39 is 53.4 Å². The van der Waals surface area contributed by atoms with Crippen LogP contribution in [0.3, 0.4) is 0 Å². The van der Waals surface area contributed by atoms with Crippen LogP contribution in [-0.2, 0) is 0 Å². The van der Waals surface area contributed by atoms with E-state index in [-0.39, 0.29) is 0 Å². The van der Waals surface area contributed by atoms with Crippen molar-refractivity contribution < 1.29 is 22.0 Å². The summed E-state index contributed by atoms with van der Waals surface area (Å²) in [5, 5.41) is 0. The van der Waals surface area contributed by atoms with Crippen molar-refractivity contribution in [1.29, 1.82) is 0 Å². The van der Waals surface area contributed by atoms with Crippen LogP contribution in [0.1, 0.15) is 0 Å². The molecule has 0 unspecified atom stereocenters. The van der Waals surface area contributed by atoms with E-state index in [0.717, 1.165) is 0 Å². The Hall–Kier alpha value is -0.208. The van der Waals surface area contributed by atoms with Crippen LogP contribution >= 0.6 is 0 Å². The molecule has 0 amide bonds. The van der Waals surface area contributed by atoms with Gasteiger partial charge >= 0.3 is 88.8 Å². The second kappa shape index (κ2) is 3.99. The van der Waals surface area contributed by atoms with Gasteiger partial charge in [0, 0.05) is 0 Å². The third-order valence-corrected chi connectivity index (χ3v) is 9.50. The topological polar surface area (TPSA) is 0 Å². The number of rotatable bonds is 1. The van der Waals surface area contributed by atoms with Crippen LogP contribution in [0.25, 0.3) is 0 Å². The second-order valence-electron chi connectivity index (χ2n) is 4.19. The van der Waals surface area contributed by atoms with E-state index in [1.54, 1.807) is 13.4 Å². The molecule has 0 aliphatic heterocycles. The van der Waals surface area contributed by atoms with Gasteiger partial charge < -0.3 is 0 Å². The van der Waals surface area contributed by atoms with Crippen molar-refractivity contribution in [2.45, 2.75) is 13.4 Å². The van der Waals surface area contributed by atoms with Gasteiger partial charge in [0.1, 0.15) is 0 Å². The van der Waals surface area contributed by atoms with Crippen LogP contribution in [0.2, 0.25) is 13.4 Å². The molecule has 0 spiro atoms. The molecule has 0 atom stereocenters. The third-order valence-electron chi connectivity index (χ3n) is 1.96. The summed E-state index contributed by atoms with van der Waals surface area (Å²) < 4.78 is 69.0. The van der Waals surface area contributed by atoms with Crippen molar-refractivity contribution in [1.82, 2.24) is 0 Å². The predicted molar refractivity (Wildman–Crippen MR) is 49.2 cm³/mol. The van der Waals surface area contributed by atoms with Gasteiger partial charge in [0.25, 0.3) is 0 Å². The van der Waals surface area contributed by atoms with Crippen molar-refractivity contribution in [3.05, 3.63) is 29.1 Å². The van der Waals surface area contributed by atoms with Gasteiger partial charge in [-0.2, -0.15) is 0 Å². The first-order valence-electron chi connectivity index (χ1n) is 4.19. The van der Waals surface area contributed by atoms with Gasteiger partial charge in [-0.15, -0.1) is 0 Å². The Bertz CT molecular complexity index is 379. The van der Waals surface area contributed by atoms with Crippen LogP contribution in [0, 0.1) is 29.1 Å². The molecule has 15 heavy (non-hydrogen) atoms. The standard InChI is InChI=1S/C6F5.3CH3.Pb/c7-2-1-3(8)5(10)6(11)4(2)9;;;;/h;3*1H3;. The van der Waals surface area contributed by atoms with Crippen molar-refractivity contribution in [3.8, 4) is 0 Å². The number of hydrogen-bond donors (Lipinski definition) is 0. The van der Waals surface area contributed by atoms with E-state index in [1.807, 2.05) is 0 Å². The SMILES string of the molecule is [CH3][Pb]([CH3])([CH3])[c]1c(F)c(F)c(F)c(F)c1F. The minimum atomic E-state index is -3.48. The molecule has 1 aromatic carbocycles. The zero-order chi connectivity index (χ0) is 12.0. The number of halogens is 5. The van der Waals surface area contributed by atoms with Gasteiger partial charge in [0.05, 0.1) is 0 Å². The summed E-state index contributed by atoms with van der Waals surface area (Å²) in [5.74, 6) is -9.12. The molecular weight excluding hydrogens is 410 g/mol. The number of hydrogen-bond acceptors (Lipinski definition) is 0. The quantitative estimate of drug-likeness (QED) is 0.284. The molecule has 0 saturated carbocycles. The third kappa shape index (κ3) is 2.16. The Morgan fingerprint density at radius 3 is 1.13 bits per heavy atom. The van der Waals surface area contributed by atoms with Gasteiger partial charge in [-0.05, 0) is 0 Å². The minimum absolute atomic E-state index is 0.570. The maximum absolute atomic E-state index is 13.2. The molecular formula is C9H9F5Pb. The molecule has 0 heterocycles. The van der Waals surface area contributed by atoms with Gasteiger partial charge in [-0.3, -0.25) is 0 Å². The molecule has 84 valence electrons. The van der Waals surface area contributed by atoms with E-state index >= 15 is 0 Å². The summed E-state index contributed by atoms with van der Waals surface area (Å²) >= 11 is -3.48. The van der Waals surface area contributed by atoms with Crippen molar-refractivity contribution in [2.75, 3.05) is 0 Å². The van der Waals surface area contributed by atoms with Gasteiger partial charge in [-0.1, -0.05) is 0 Å². The Morgan fingerprint density at radius 1 is 0.600 bits per heavy atom. The molecule has 0 radical (unpaired) electrons. The Labute approximate surface area is 88.8 Å². The molecule has 1 aromatic rings. The van der Waals surface area contributed by atoms with E-state index in [9.17, 15) is 22.0 Å². The zero-order valence-corrected chi connectivity index (χ0v) is 12.3. The summed E-state index contributed by atoms with van der Waals surface area (Å²) in [5.41, 5.74) is 0. The molecule has 0 nitrogen and oxygen atoms in total. The average Bonchev–Trinajstić information content (AvgIpc) is 2.09. The van der Waals surface area contributed by atoms with Crippen LogP contribution in [-0.4, -0.2) is 21.2 Å². The summed E-state index contributed by atoms with van der Waals surface area (Å²) in [4.78, 5) is 0. The van der Waals surface area contributed by atoms with Gasteiger partial charge in [0.15, 0.2) is 0 Å². The molecule has 0 aliphatic carbocycles. The summed E-state index contributed by atoms with van der Waals surface area (Å²) in [6.07, 6.45) is 0. The molecule has 0 bridgehead atoms. The van der Waals surface area contributed by atoms with Crippen molar-refractivity contribution in [2.24, 2.45) is 0 Å². The Morgan fingerprint density at radius 2 is 0.867 bits per heavy atom. The van der Waals surface area contributed by atoms with Gasteiger partial charge in [-0.25, -0.2) is 0 Å². The van der Waals surface area contributed by atoms with Crippen LogP contribution in [0.15, 0.2) is 0 Å². The fourth-order valence-electron chi connectivity index (χ4n) is 1.26. The van der Waals surface area contributed by atoms with E-state index in [1.165, 1.54) is 0 Å². The van der Waals surface area contributed by atoms with E-state index in [4.69, 9.17) is 0 Å². The zero-order valence-electron chi connectivity index (χ0n) is 8.39. The molecule has 0 saturated heterocycles. The Balaban J connectivity index is 3.68. The van der Waals surface area contributed by atoms with Crippen LogP contribution < -0.4 is 3.12 Å².